The lowest BCUT2D eigenvalue weighted by Gasteiger charge is -2.28. The molecule has 2 heteroatoms. The van der Waals surface area contributed by atoms with Crippen LogP contribution >= 0.6 is 0 Å². The molecule has 0 radical (unpaired) electrons. The summed E-state index contributed by atoms with van der Waals surface area (Å²) < 4.78 is 12.2. The fraction of sp³-hybridized carbons (Fsp3) is 0.286. The Morgan fingerprint density at radius 1 is 0.667 bits per heavy atom. The highest BCUT2D eigenvalue weighted by Gasteiger charge is 2.32. The van der Waals surface area contributed by atoms with Gasteiger partial charge in [0.05, 0.1) is 0 Å². The maximum atomic E-state index is 6.15. The molecule has 0 aliphatic carbocycles. The third-order valence-corrected chi connectivity index (χ3v) is 5.37. The van der Waals surface area contributed by atoms with E-state index in [2.05, 4.69) is 57.9 Å². The van der Waals surface area contributed by atoms with Crippen molar-refractivity contribution in [1.82, 2.24) is 0 Å². The van der Waals surface area contributed by atoms with Crippen molar-refractivity contribution < 1.29 is 9.47 Å². The molecule has 0 saturated heterocycles. The zero-order valence-corrected chi connectivity index (χ0v) is 18.5. The van der Waals surface area contributed by atoms with Gasteiger partial charge in [-0.25, -0.2) is 0 Å². The summed E-state index contributed by atoms with van der Waals surface area (Å²) in [6.45, 7) is 8.69. The van der Waals surface area contributed by atoms with Crippen LogP contribution in [-0.2, 0) is 10.3 Å². The van der Waals surface area contributed by atoms with Crippen LogP contribution in [-0.4, -0.2) is 7.11 Å². The van der Waals surface area contributed by atoms with Crippen LogP contribution in [0.2, 0.25) is 0 Å². The molecule has 0 fully saturated rings. The molecule has 0 amide bonds. The smallest absolute Gasteiger partial charge is 0.182 e. The molecule has 30 heavy (non-hydrogen) atoms. The van der Waals surface area contributed by atoms with E-state index in [0.717, 1.165) is 28.0 Å². The van der Waals surface area contributed by atoms with Crippen LogP contribution in [0.4, 0.5) is 0 Å². The number of hydrogen-bond acceptors (Lipinski definition) is 2. The van der Waals surface area contributed by atoms with Gasteiger partial charge in [-0.05, 0) is 28.9 Å². The van der Waals surface area contributed by atoms with E-state index in [-0.39, 0.29) is 0 Å². The first-order valence-corrected chi connectivity index (χ1v) is 10.5. The number of rotatable bonds is 6. The van der Waals surface area contributed by atoms with Crippen LogP contribution in [0.15, 0.2) is 78.9 Å². The average molecular weight is 399 g/mol. The minimum Gasteiger partial charge on any atom is -0.407 e. The van der Waals surface area contributed by atoms with E-state index < -0.39 is 5.60 Å². The fourth-order valence-corrected chi connectivity index (χ4v) is 3.69. The Hall–Kier alpha value is -3.02. The topological polar surface area (TPSA) is 18.5 Å². The molecular weight excluding hydrogens is 368 g/mol. The molecule has 3 aromatic rings. The van der Waals surface area contributed by atoms with Crippen LogP contribution in [0.1, 0.15) is 61.8 Å². The van der Waals surface area contributed by atoms with Crippen LogP contribution in [0.25, 0.3) is 0 Å². The zero-order valence-electron chi connectivity index (χ0n) is 18.5. The number of para-hydroxylation sites is 1. The zero-order chi connectivity index (χ0) is 21.6. The van der Waals surface area contributed by atoms with E-state index in [1.54, 1.807) is 7.11 Å². The van der Waals surface area contributed by atoms with E-state index in [4.69, 9.17) is 9.47 Å². The summed E-state index contributed by atoms with van der Waals surface area (Å²) in [5.41, 5.74) is 3.36. The van der Waals surface area contributed by atoms with E-state index >= 15 is 0 Å². The molecule has 0 aliphatic rings. The highest BCUT2D eigenvalue weighted by molar-refractivity contribution is 5.48. The third kappa shape index (κ3) is 4.42. The normalized spacial score (nSPS) is 11.3. The lowest BCUT2D eigenvalue weighted by molar-refractivity contribution is 0.0737. The first-order chi connectivity index (χ1) is 14.5. The Kier molecular flexibility index (Phi) is 6.98. The first kappa shape index (κ1) is 21.7. The van der Waals surface area contributed by atoms with Crippen molar-refractivity contribution in [3.05, 3.63) is 101 Å². The molecule has 0 saturated carbocycles. The van der Waals surface area contributed by atoms with Crippen LogP contribution in [0.5, 0.6) is 5.75 Å². The van der Waals surface area contributed by atoms with Gasteiger partial charge >= 0.3 is 0 Å². The summed E-state index contributed by atoms with van der Waals surface area (Å²) in [4.78, 5) is 0. The Balaban J connectivity index is 2.10. The van der Waals surface area contributed by atoms with Crippen LogP contribution in [0.3, 0.4) is 0 Å². The predicted octanol–water partition coefficient (Wildman–Crippen LogP) is 6.86. The van der Waals surface area contributed by atoms with Gasteiger partial charge in [0.2, 0.25) is 0 Å². The lowest BCUT2D eigenvalue weighted by atomic mass is 9.87. The number of hydrogen-bond donors (Lipinski definition) is 0. The second-order valence-electron chi connectivity index (χ2n) is 8.02. The molecule has 0 bridgehead atoms. The first-order valence-electron chi connectivity index (χ1n) is 10.5. The molecule has 0 aliphatic heterocycles. The third-order valence-electron chi connectivity index (χ3n) is 5.37. The van der Waals surface area contributed by atoms with Crippen LogP contribution < -0.4 is 4.74 Å². The maximum absolute atomic E-state index is 6.15. The lowest BCUT2D eigenvalue weighted by Crippen LogP contribution is -2.28. The second-order valence-corrected chi connectivity index (χ2v) is 8.02. The molecule has 3 aromatic carbocycles. The van der Waals surface area contributed by atoms with Crippen molar-refractivity contribution >= 4 is 0 Å². The molecule has 0 atom stereocenters. The minimum absolute atomic E-state index is 0.343. The number of methoxy groups -OCH3 is 1. The molecule has 0 spiro atoms. The average Bonchev–Trinajstić information content (AvgIpc) is 2.78. The molecule has 2 nitrogen and oxygen atoms in total. The largest absolute Gasteiger partial charge is 0.407 e. The van der Waals surface area contributed by atoms with E-state index in [1.807, 2.05) is 60.7 Å². The molecule has 0 aromatic heterocycles. The summed E-state index contributed by atoms with van der Waals surface area (Å²) in [7, 11) is 1.69. The van der Waals surface area contributed by atoms with E-state index in [0.29, 0.717) is 11.8 Å². The Morgan fingerprint density at radius 3 is 1.53 bits per heavy atom. The fourth-order valence-electron chi connectivity index (χ4n) is 3.69. The van der Waals surface area contributed by atoms with Gasteiger partial charge in [-0.1, -0.05) is 107 Å². The summed E-state index contributed by atoms with van der Waals surface area (Å²) >= 11 is 0. The number of benzene rings is 3. The molecular formula is C28H30O2. The highest BCUT2D eigenvalue weighted by Crippen LogP contribution is 2.35. The number of ether oxygens (including phenoxy) is 2. The molecule has 154 valence electrons. The Morgan fingerprint density at radius 2 is 1.13 bits per heavy atom. The van der Waals surface area contributed by atoms with Gasteiger partial charge in [-0.2, -0.15) is 0 Å². The van der Waals surface area contributed by atoms with Crippen molar-refractivity contribution in [3.8, 4) is 17.8 Å². The van der Waals surface area contributed by atoms with E-state index in [9.17, 15) is 0 Å². The van der Waals surface area contributed by atoms with Crippen LogP contribution in [0, 0.1) is 12.0 Å². The molecule has 3 rings (SSSR count). The summed E-state index contributed by atoms with van der Waals surface area (Å²) in [6.07, 6.45) is 3.01. The van der Waals surface area contributed by atoms with Gasteiger partial charge in [0.1, 0.15) is 11.9 Å². The SMILES string of the molecule is COC(C#COc1c(C(C)C)cccc1C(C)C)(c1ccccc1)c1ccccc1. The molecule has 0 unspecified atom stereocenters. The van der Waals surface area contributed by atoms with E-state index in [1.165, 1.54) is 0 Å². The molecule has 0 N–H and O–H groups in total. The predicted molar refractivity (Wildman–Crippen MR) is 124 cm³/mol. The second kappa shape index (κ2) is 9.65. The van der Waals surface area contributed by atoms with Gasteiger partial charge in [-0.3, -0.25) is 0 Å². The highest BCUT2D eigenvalue weighted by atomic mass is 16.5. The van der Waals surface area contributed by atoms with Gasteiger partial charge in [0.15, 0.2) is 5.60 Å². The van der Waals surface area contributed by atoms with Gasteiger partial charge in [0, 0.05) is 18.2 Å². The van der Waals surface area contributed by atoms with Gasteiger partial charge in [0.25, 0.3) is 0 Å². The maximum Gasteiger partial charge on any atom is 0.182 e. The van der Waals surface area contributed by atoms with Crippen molar-refractivity contribution in [1.29, 1.82) is 0 Å². The van der Waals surface area contributed by atoms with Gasteiger partial charge < -0.3 is 9.47 Å². The Bertz CT molecular complexity index is 943. The summed E-state index contributed by atoms with van der Waals surface area (Å²) in [5.74, 6) is 4.85. The standard InChI is InChI=1S/C28H30O2/c1-21(2)25-17-12-18-26(22(3)4)27(25)30-20-19-28(29-5,23-13-8-6-9-14-23)24-15-10-7-11-16-24/h6-18,21-22H,1-5H3. The molecule has 0 heterocycles. The van der Waals surface area contributed by atoms with Gasteiger partial charge in [-0.15, -0.1) is 0 Å². The van der Waals surface area contributed by atoms with Crippen molar-refractivity contribution in [2.75, 3.05) is 7.11 Å². The minimum atomic E-state index is -0.909. The van der Waals surface area contributed by atoms with Crippen molar-refractivity contribution in [2.45, 2.75) is 45.1 Å². The quantitative estimate of drug-likeness (QED) is 0.422. The monoisotopic (exact) mass is 398 g/mol. The van der Waals surface area contributed by atoms with Crippen molar-refractivity contribution in [3.63, 3.8) is 0 Å². The summed E-state index contributed by atoms with van der Waals surface area (Å²) in [5, 5.41) is 0. The van der Waals surface area contributed by atoms with Crippen molar-refractivity contribution in [2.24, 2.45) is 0 Å². The summed E-state index contributed by atoms with van der Waals surface area (Å²) in [6, 6.07) is 26.5. The Labute approximate surface area is 180 Å².